The first kappa shape index (κ1) is 10.3. The number of furan rings is 1. The molecule has 3 heteroatoms. The molecule has 74 valence electrons. The molecule has 1 rings (SSSR count). The van der Waals surface area contributed by atoms with E-state index in [1.165, 1.54) is 0 Å². The van der Waals surface area contributed by atoms with Gasteiger partial charge in [-0.1, -0.05) is 13.8 Å². The predicted octanol–water partition coefficient (Wildman–Crippen LogP) is 1.47. The van der Waals surface area contributed by atoms with Gasteiger partial charge in [-0.25, -0.2) is 0 Å². The summed E-state index contributed by atoms with van der Waals surface area (Å²) in [6, 6.07) is 0. The zero-order valence-electron chi connectivity index (χ0n) is 8.03. The van der Waals surface area contributed by atoms with E-state index in [0.29, 0.717) is 0 Å². The maximum absolute atomic E-state index is 8.98. The van der Waals surface area contributed by atoms with Gasteiger partial charge in [-0.2, -0.15) is 0 Å². The molecule has 0 bridgehead atoms. The van der Waals surface area contributed by atoms with E-state index in [2.05, 4.69) is 0 Å². The number of rotatable bonds is 4. The Kier molecular flexibility index (Phi) is 3.51. The molecule has 1 heterocycles. The Morgan fingerprint density at radius 2 is 1.46 bits per heavy atom. The fourth-order valence-corrected chi connectivity index (χ4v) is 1.31. The molecular formula is C10H16O3. The van der Waals surface area contributed by atoms with Gasteiger partial charge >= 0.3 is 0 Å². The van der Waals surface area contributed by atoms with Crippen molar-refractivity contribution >= 4 is 0 Å². The zero-order valence-corrected chi connectivity index (χ0v) is 8.03. The second-order valence-electron chi connectivity index (χ2n) is 3.45. The standard InChI is InChI=1S/C10H16O3/c1-7(3-11)9-5-13-6-10(9)8(2)4-12/h5-8,11-12H,3-4H2,1-2H3. The monoisotopic (exact) mass is 184 g/mol. The third-order valence-electron chi connectivity index (χ3n) is 2.33. The average Bonchev–Trinajstić information content (AvgIpc) is 2.63. The van der Waals surface area contributed by atoms with E-state index in [1.807, 2.05) is 13.8 Å². The molecule has 0 aliphatic heterocycles. The van der Waals surface area contributed by atoms with Crippen LogP contribution >= 0.6 is 0 Å². The number of hydrogen-bond donors (Lipinski definition) is 2. The molecule has 0 fully saturated rings. The highest BCUT2D eigenvalue weighted by Crippen LogP contribution is 2.26. The average molecular weight is 184 g/mol. The van der Waals surface area contributed by atoms with Crippen LogP contribution in [0.5, 0.6) is 0 Å². The molecule has 1 aromatic heterocycles. The molecule has 0 aromatic carbocycles. The van der Waals surface area contributed by atoms with Crippen molar-refractivity contribution in [3.05, 3.63) is 23.7 Å². The summed E-state index contributed by atoms with van der Waals surface area (Å²) in [7, 11) is 0. The van der Waals surface area contributed by atoms with Crippen molar-refractivity contribution < 1.29 is 14.6 Å². The molecule has 0 saturated carbocycles. The van der Waals surface area contributed by atoms with Gasteiger partial charge in [-0.3, -0.25) is 0 Å². The number of aliphatic hydroxyl groups is 2. The molecule has 0 aliphatic rings. The smallest absolute Gasteiger partial charge is 0.0941 e. The summed E-state index contributed by atoms with van der Waals surface area (Å²) >= 11 is 0. The molecule has 3 nitrogen and oxygen atoms in total. The Balaban J connectivity index is 2.88. The quantitative estimate of drug-likeness (QED) is 0.745. The van der Waals surface area contributed by atoms with Crippen LogP contribution in [-0.4, -0.2) is 23.4 Å². The lowest BCUT2D eigenvalue weighted by atomic mass is 9.94. The van der Waals surface area contributed by atoms with E-state index in [9.17, 15) is 0 Å². The zero-order chi connectivity index (χ0) is 9.84. The van der Waals surface area contributed by atoms with Gasteiger partial charge < -0.3 is 14.6 Å². The largest absolute Gasteiger partial charge is 0.472 e. The van der Waals surface area contributed by atoms with E-state index in [0.717, 1.165) is 11.1 Å². The van der Waals surface area contributed by atoms with Crippen molar-refractivity contribution in [2.45, 2.75) is 25.7 Å². The Bertz CT molecular complexity index is 230. The summed E-state index contributed by atoms with van der Waals surface area (Å²) < 4.78 is 5.07. The maximum atomic E-state index is 8.98. The Hall–Kier alpha value is -0.800. The second kappa shape index (κ2) is 4.44. The molecule has 0 amide bonds. The summed E-state index contributed by atoms with van der Waals surface area (Å²) in [6.07, 6.45) is 3.28. The number of hydrogen-bond acceptors (Lipinski definition) is 3. The normalized spacial score (nSPS) is 15.7. The summed E-state index contributed by atoms with van der Waals surface area (Å²) in [5.74, 6) is 0.144. The molecule has 0 spiro atoms. The van der Waals surface area contributed by atoms with E-state index in [-0.39, 0.29) is 25.0 Å². The van der Waals surface area contributed by atoms with Gasteiger partial charge in [-0.15, -0.1) is 0 Å². The lowest BCUT2D eigenvalue weighted by Crippen LogP contribution is -2.05. The van der Waals surface area contributed by atoms with Gasteiger partial charge in [0, 0.05) is 25.0 Å². The van der Waals surface area contributed by atoms with Gasteiger partial charge in [0.1, 0.15) is 0 Å². The molecule has 2 unspecified atom stereocenters. The maximum Gasteiger partial charge on any atom is 0.0941 e. The molecule has 2 atom stereocenters. The molecule has 0 saturated heterocycles. The van der Waals surface area contributed by atoms with Crippen LogP contribution in [0.3, 0.4) is 0 Å². The SMILES string of the molecule is CC(CO)c1cocc1C(C)CO. The van der Waals surface area contributed by atoms with Crippen LogP contribution in [0.4, 0.5) is 0 Å². The second-order valence-corrected chi connectivity index (χ2v) is 3.45. The Labute approximate surface area is 78.0 Å². The Morgan fingerprint density at radius 3 is 1.77 bits per heavy atom. The fourth-order valence-electron chi connectivity index (χ4n) is 1.31. The van der Waals surface area contributed by atoms with Crippen molar-refractivity contribution in [3.63, 3.8) is 0 Å². The molecule has 2 N–H and O–H groups in total. The van der Waals surface area contributed by atoms with Crippen LogP contribution in [0.25, 0.3) is 0 Å². The first-order chi connectivity index (χ1) is 6.20. The van der Waals surface area contributed by atoms with Crippen LogP contribution in [0.2, 0.25) is 0 Å². The Morgan fingerprint density at radius 1 is 1.08 bits per heavy atom. The summed E-state index contributed by atoms with van der Waals surface area (Å²) in [4.78, 5) is 0. The third kappa shape index (κ3) is 2.11. The topological polar surface area (TPSA) is 53.6 Å². The van der Waals surface area contributed by atoms with Gasteiger partial charge in [0.05, 0.1) is 12.5 Å². The lowest BCUT2D eigenvalue weighted by Gasteiger charge is -2.11. The van der Waals surface area contributed by atoms with Crippen molar-refractivity contribution in [2.75, 3.05) is 13.2 Å². The van der Waals surface area contributed by atoms with Crippen LogP contribution in [0, 0.1) is 0 Å². The van der Waals surface area contributed by atoms with Crippen LogP contribution in [-0.2, 0) is 0 Å². The highest BCUT2D eigenvalue weighted by atomic mass is 16.3. The summed E-state index contributed by atoms with van der Waals surface area (Å²) in [5.41, 5.74) is 1.98. The lowest BCUT2D eigenvalue weighted by molar-refractivity contribution is 0.264. The minimum Gasteiger partial charge on any atom is -0.472 e. The molecule has 1 aromatic rings. The molecule has 0 aliphatic carbocycles. The van der Waals surface area contributed by atoms with Crippen molar-refractivity contribution in [1.82, 2.24) is 0 Å². The molecule has 0 radical (unpaired) electrons. The molecule has 13 heavy (non-hydrogen) atoms. The molecular weight excluding hydrogens is 168 g/mol. The van der Waals surface area contributed by atoms with Crippen molar-refractivity contribution in [2.24, 2.45) is 0 Å². The van der Waals surface area contributed by atoms with Crippen LogP contribution in [0.1, 0.15) is 36.8 Å². The minimum atomic E-state index is 0.0720. The summed E-state index contributed by atoms with van der Waals surface area (Å²) in [5, 5.41) is 18.0. The first-order valence-corrected chi connectivity index (χ1v) is 4.48. The minimum absolute atomic E-state index is 0.0720. The van der Waals surface area contributed by atoms with Crippen LogP contribution < -0.4 is 0 Å². The van der Waals surface area contributed by atoms with Gasteiger partial charge in [-0.05, 0) is 11.1 Å². The van der Waals surface area contributed by atoms with E-state index < -0.39 is 0 Å². The van der Waals surface area contributed by atoms with Crippen molar-refractivity contribution in [1.29, 1.82) is 0 Å². The first-order valence-electron chi connectivity index (χ1n) is 4.48. The van der Waals surface area contributed by atoms with Gasteiger partial charge in [0.25, 0.3) is 0 Å². The van der Waals surface area contributed by atoms with Crippen LogP contribution in [0.15, 0.2) is 16.9 Å². The summed E-state index contributed by atoms with van der Waals surface area (Å²) in [6.45, 7) is 4.06. The highest BCUT2D eigenvalue weighted by Gasteiger charge is 2.16. The number of aliphatic hydroxyl groups excluding tert-OH is 2. The predicted molar refractivity (Wildman–Crippen MR) is 49.7 cm³/mol. The van der Waals surface area contributed by atoms with Gasteiger partial charge in [0.15, 0.2) is 0 Å². The van der Waals surface area contributed by atoms with E-state index in [4.69, 9.17) is 14.6 Å². The fraction of sp³-hybridized carbons (Fsp3) is 0.600. The van der Waals surface area contributed by atoms with E-state index in [1.54, 1.807) is 12.5 Å². The highest BCUT2D eigenvalue weighted by molar-refractivity contribution is 5.28. The van der Waals surface area contributed by atoms with Gasteiger partial charge in [0.2, 0.25) is 0 Å². The van der Waals surface area contributed by atoms with Crippen molar-refractivity contribution in [3.8, 4) is 0 Å². The third-order valence-corrected chi connectivity index (χ3v) is 2.33. The van der Waals surface area contributed by atoms with E-state index >= 15 is 0 Å².